The number of carbonyl (C=O) groups is 1. The maximum atomic E-state index is 11.3. The number of aliphatic hydroxyl groups excluding tert-OH is 1. The summed E-state index contributed by atoms with van der Waals surface area (Å²) in [6.07, 6.45) is 1.91. The van der Waals surface area contributed by atoms with E-state index in [0.717, 1.165) is 42.1 Å². The molecular weight excluding hydrogens is 426 g/mol. The predicted molar refractivity (Wildman–Crippen MR) is 130 cm³/mol. The Hall–Kier alpha value is -2.22. The maximum absolute atomic E-state index is 11.3. The number of carbonyl (C=O) groups excluding carboxylic acids is 1. The normalized spacial score (nSPS) is 18.0. The van der Waals surface area contributed by atoms with Gasteiger partial charge >= 0.3 is 0 Å². The number of aliphatic hydroxyl groups is 1. The van der Waals surface area contributed by atoms with Crippen molar-refractivity contribution in [3.8, 4) is 0 Å². The summed E-state index contributed by atoms with van der Waals surface area (Å²) in [5.41, 5.74) is 8.24. The molecule has 0 fully saturated rings. The van der Waals surface area contributed by atoms with Crippen LogP contribution in [0.2, 0.25) is 5.02 Å². The Morgan fingerprint density at radius 2 is 1.88 bits per heavy atom. The summed E-state index contributed by atoms with van der Waals surface area (Å²) in [6.45, 7) is 12.8. The molecule has 0 unspecified atom stereocenters. The number of hydrogen-bond donors (Lipinski definition) is 3. The number of nitrogens with zero attached hydrogens (tertiary/aromatic N) is 3. The van der Waals surface area contributed by atoms with Gasteiger partial charge in [0, 0.05) is 36.3 Å². The Bertz CT molecular complexity index is 871. The van der Waals surface area contributed by atoms with Crippen molar-refractivity contribution in [1.29, 1.82) is 0 Å². The van der Waals surface area contributed by atoms with Crippen LogP contribution in [-0.2, 0) is 4.79 Å². The van der Waals surface area contributed by atoms with Crippen LogP contribution in [0.3, 0.4) is 0 Å². The second-order valence-corrected chi connectivity index (χ2v) is 8.83. The topological polar surface area (TPSA) is 104 Å². The molecule has 32 heavy (non-hydrogen) atoms. The Balaban J connectivity index is 0.000000227. The molecule has 0 aliphatic heterocycles. The number of nitrogens with two attached hydrogens (primary N) is 1. The van der Waals surface area contributed by atoms with Gasteiger partial charge in [-0.25, -0.2) is 9.97 Å². The van der Waals surface area contributed by atoms with Gasteiger partial charge in [0.05, 0.1) is 17.7 Å². The van der Waals surface area contributed by atoms with Gasteiger partial charge in [-0.1, -0.05) is 44.5 Å². The number of fused-ring (bicyclic) bond motifs is 1. The lowest BCUT2D eigenvalue weighted by Gasteiger charge is -2.23. The third-order valence-corrected chi connectivity index (χ3v) is 5.94. The van der Waals surface area contributed by atoms with Crippen molar-refractivity contribution in [1.82, 2.24) is 15.3 Å². The first kappa shape index (κ1) is 26.0. The summed E-state index contributed by atoms with van der Waals surface area (Å²) in [6, 6.07) is 7.53. The minimum atomic E-state index is -0.415. The summed E-state index contributed by atoms with van der Waals surface area (Å²) in [5, 5.41) is 13.8. The summed E-state index contributed by atoms with van der Waals surface area (Å²) in [5.74, 6) is 0.719. The van der Waals surface area contributed by atoms with E-state index < -0.39 is 6.10 Å². The van der Waals surface area contributed by atoms with E-state index in [1.165, 1.54) is 0 Å². The van der Waals surface area contributed by atoms with Crippen LogP contribution in [0, 0.1) is 0 Å². The number of benzene rings is 1. The van der Waals surface area contributed by atoms with Gasteiger partial charge < -0.3 is 21.1 Å². The summed E-state index contributed by atoms with van der Waals surface area (Å²) in [7, 11) is 0. The van der Waals surface area contributed by atoms with Crippen LogP contribution in [0.15, 0.2) is 30.6 Å². The molecule has 0 saturated carbocycles. The van der Waals surface area contributed by atoms with E-state index in [2.05, 4.69) is 41.0 Å². The fourth-order valence-corrected chi connectivity index (χ4v) is 4.03. The number of primary amides is 1. The highest BCUT2D eigenvalue weighted by atomic mass is 35.5. The highest BCUT2D eigenvalue weighted by Gasteiger charge is 2.32. The number of hydrogen-bond acceptors (Lipinski definition) is 6. The number of aromatic nitrogens is 2. The van der Waals surface area contributed by atoms with E-state index in [1.54, 1.807) is 18.5 Å². The highest BCUT2D eigenvalue weighted by molar-refractivity contribution is 6.30. The number of anilines is 1. The second kappa shape index (κ2) is 12.1. The Kier molecular flexibility index (Phi) is 9.87. The summed E-state index contributed by atoms with van der Waals surface area (Å²) < 4.78 is 0. The molecule has 4 N–H and O–H groups in total. The summed E-state index contributed by atoms with van der Waals surface area (Å²) in [4.78, 5) is 22.2. The SMILES string of the molecule is CC(C)NC[C@@H](C(N)=O)c1ccc(Cl)cc1.CCN(CC)c1ncnc2c1[C@H](C)C[C@H]2O. The molecular formula is C24H36ClN5O2. The average molecular weight is 462 g/mol. The fraction of sp³-hybridized carbons (Fsp3) is 0.542. The molecule has 0 spiro atoms. The number of halogens is 1. The quantitative estimate of drug-likeness (QED) is 0.552. The van der Waals surface area contributed by atoms with E-state index in [-0.39, 0.29) is 11.8 Å². The summed E-state index contributed by atoms with van der Waals surface area (Å²) >= 11 is 5.79. The van der Waals surface area contributed by atoms with Crippen LogP contribution in [0.4, 0.5) is 5.82 Å². The molecule has 7 nitrogen and oxygen atoms in total. The van der Waals surface area contributed by atoms with Crippen molar-refractivity contribution in [2.75, 3.05) is 24.5 Å². The minimum Gasteiger partial charge on any atom is -0.387 e. The first-order valence-corrected chi connectivity index (χ1v) is 11.6. The van der Waals surface area contributed by atoms with Crippen LogP contribution in [0.1, 0.15) is 75.8 Å². The predicted octanol–water partition coefficient (Wildman–Crippen LogP) is 3.77. The second-order valence-electron chi connectivity index (χ2n) is 8.39. The lowest BCUT2D eigenvalue weighted by atomic mass is 9.98. The number of rotatable bonds is 8. The van der Waals surface area contributed by atoms with Crippen LogP contribution < -0.4 is 16.0 Å². The van der Waals surface area contributed by atoms with Crippen LogP contribution in [0.5, 0.6) is 0 Å². The zero-order valence-electron chi connectivity index (χ0n) is 19.7. The van der Waals surface area contributed by atoms with Crippen LogP contribution in [0.25, 0.3) is 0 Å². The van der Waals surface area contributed by atoms with Crippen molar-refractivity contribution in [2.24, 2.45) is 5.73 Å². The molecule has 176 valence electrons. The lowest BCUT2D eigenvalue weighted by molar-refractivity contribution is -0.119. The first-order chi connectivity index (χ1) is 15.2. The monoisotopic (exact) mass is 461 g/mol. The van der Waals surface area contributed by atoms with Gasteiger partial charge in [-0.3, -0.25) is 4.79 Å². The maximum Gasteiger partial charge on any atom is 0.226 e. The molecule has 2 aromatic rings. The molecule has 0 saturated heterocycles. The third-order valence-electron chi connectivity index (χ3n) is 5.69. The zero-order valence-corrected chi connectivity index (χ0v) is 20.4. The van der Waals surface area contributed by atoms with E-state index in [4.69, 9.17) is 17.3 Å². The van der Waals surface area contributed by atoms with Gasteiger partial charge in [0.1, 0.15) is 12.1 Å². The van der Waals surface area contributed by atoms with Gasteiger partial charge in [0.15, 0.2) is 0 Å². The molecule has 1 heterocycles. The Morgan fingerprint density at radius 3 is 2.41 bits per heavy atom. The van der Waals surface area contributed by atoms with Crippen LogP contribution in [-0.4, -0.2) is 46.7 Å². The first-order valence-electron chi connectivity index (χ1n) is 11.2. The molecule has 0 bridgehead atoms. The molecule has 1 aromatic heterocycles. The fourth-order valence-electron chi connectivity index (χ4n) is 3.91. The van der Waals surface area contributed by atoms with Crippen molar-refractivity contribution in [2.45, 2.75) is 65.0 Å². The van der Waals surface area contributed by atoms with E-state index in [9.17, 15) is 9.90 Å². The van der Waals surface area contributed by atoms with E-state index in [0.29, 0.717) is 23.5 Å². The molecule has 3 atom stereocenters. The molecule has 1 amide bonds. The van der Waals surface area contributed by atoms with Crippen molar-refractivity contribution >= 4 is 23.3 Å². The Morgan fingerprint density at radius 1 is 1.25 bits per heavy atom. The van der Waals surface area contributed by atoms with Crippen molar-refractivity contribution < 1.29 is 9.90 Å². The molecule has 0 radical (unpaired) electrons. The third kappa shape index (κ3) is 6.64. The van der Waals surface area contributed by atoms with Gasteiger partial charge in [0.25, 0.3) is 0 Å². The minimum absolute atomic E-state index is 0.306. The van der Waals surface area contributed by atoms with E-state index in [1.807, 2.05) is 26.0 Å². The van der Waals surface area contributed by atoms with Crippen LogP contribution >= 0.6 is 11.6 Å². The molecule has 3 rings (SSSR count). The molecule has 8 heteroatoms. The molecule has 1 aliphatic rings. The van der Waals surface area contributed by atoms with Gasteiger partial charge in [-0.05, 0) is 43.9 Å². The van der Waals surface area contributed by atoms with Gasteiger partial charge in [-0.2, -0.15) is 0 Å². The van der Waals surface area contributed by atoms with Crippen molar-refractivity contribution in [3.05, 3.63) is 52.4 Å². The zero-order chi connectivity index (χ0) is 23.8. The lowest BCUT2D eigenvalue weighted by Crippen LogP contribution is -2.34. The standard InChI is InChI=1S/C12H17ClN2O.C12H19N3O/c1-8(2)15-7-11(12(14)16)9-3-5-10(13)6-4-9;1-4-15(5-2)12-10-8(3)6-9(16)11(10)13-7-14-12/h3-6,8,11,15H,7H2,1-2H3,(H2,14,16);7-9,16H,4-6H2,1-3H3/t11-;8-,9-/m11/s1. The number of amides is 1. The Labute approximate surface area is 196 Å². The number of nitrogens with one attached hydrogen (secondary N) is 1. The smallest absolute Gasteiger partial charge is 0.226 e. The molecule has 1 aliphatic carbocycles. The van der Waals surface area contributed by atoms with Crippen molar-refractivity contribution in [3.63, 3.8) is 0 Å². The largest absolute Gasteiger partial charge is 0.387 e. The highest BCUT2D eigenvalue weighted by Crippen LogP contribution is 2.42. The van der Waals surface area contributed by atoms with E-state index >= 15 is 0 Å². The molecule has 1 aromatic carbocycles. The van der Waals surface area contributed by atoms with Gasteiger partial charge in [0.2, 0.25) is 5.91 Å². The average Bonchev–Trinajstić information content (AvgIpc) is 3.05. The van der Waals surface area contributed by atoms with Gasteiger partial charge in [-0.15, -0.1) is 0 Å².